The predicted octanol–water partition coefficient (Wildman–Crippen LogP) is 1.94. The van der Waals surface area contributed by atoms with Gasteiger partial charge in [-0.2, -0.15) is 0 Å². The van der Waals surface area contributed by atoms with Crippen LogP contribution in [0, 0.1) is 0 Å². The molecular formula is C4H9BrO2Ti. The van der Waals surface area contributed by atoms with Crippen molar-refractivity contribution in [2.75, 3.05) is 0 Å². The van der Waals surface area contributed by atoms with Gasteiger partial charge in [0.2, 0.25) is 0 Å². The molecule has 0 amide bonds. The van der Waals surface area contributed by atoms with Crippen LogP contribution < -0.4 is 0 Å². The molecule has 0 aliphatic heterocycles. The van der Waals surface area contributed by atoms with E-state index in [2.05, 4.69) is 36.7 Å². The zero-order valence-corrected chi connectivity index (χ0v) is 8.34. The minimum atomic E-state index is -2.00. The van der Waals surface area contributed by atoms with E-state index in [1.807, 2.05) is 0 Å². The molecule has 0 aromatic heterocycles. The van der Waals surface area contributed by atoms with Gasteiger partial charge in [-0.1, -0.05) is 36.7 Å². The van der Waals surface area contributed by atoms with Crippen LogP contribution in [-0.2, 0) is 25.7 Å². The third kappa shape index (κ3) is 362. The number of hydrogen-bond acceptors (Lipinski definition) is 2. The summed E-state index contributed by atoms with van der Waals surface area (Å²) in [5.74, 6) is 0. The number of hydrogen-bond donors (Lipinski definition) is 0. The topological polar surface area (TPSA) is 34.1 Å². The molecule has 8 heavy (non-hydrogen) atoms. The van der Waals surface area contributed by atoms with Gasteiger partial charge < -0.3 is 0 Å². The number of rotatable bonds is 0. The first kappa shape index (κ1) is 11.6. The third-order valence-electron chi connectivity index (χ3n) is 0. The molecule has 0 saturated heterocycles. The van der Waals surface area contributed by atoms with Crippen LogP contribution in [0.1, 0.15) is 20.8 Å². The Morgan fingerprint density at radius 1 is 1.25 bits per heavy atom. The van der Waals surface area contributed by atoms with Crippen molar-refractivity contribution < 1.29 is 25.7 Å². The minimum absolute atomic E-state index is 0.312. The van der Waals surface area contributed by atoms with Gasteiger partial charge in [-0.25, -0.2) is 0 Å². The van der Waals surface area contributed by atoms with Crippen LogP contribution in [0.3, 0.4) is 0 Å². The Labute approximate surface area is 66.7 Å². The Morgan fingerprint density at radius 3 is 1.25 bits per heavy atom. The normalized spacial score (nSPS) is 8.50. The molecule has 0 bridgehead atoms. The van der Waals surface area contributed by atoms with Crippen molar-refractivity contribution in [1.29, 1.82) is 0 Å². The van der Waals surface area contributed by atoms with Gasteiger partial charge in [0.1, 0.15) is 0 Å². The van der Waals surface area contributed by atoms with Crippen LogP contribution in [0.25, 0.3) is 0 Å². The summed E-state index contributed by atoms with van der Waals surface area (Å²) in [5.41, 5.74) is 0. The number of halogens is 1. The first-order valence-electron chi connectivity index (χ1n) is 2.10. The fourth-order valence-corrected chi connectivity index (χ4v) is 0. The zero-order chi connectivity index (χ0) is 7.21. The van der Waals surface area contributed by atoms with Crippen LogP contribution in [0.15, 0.2) is 0 Å². The van der Waals surface area contributed by atoms with Crippen molar-refractivity contribution in [2.45, 2.75) is 25.1 Å². The van der Waals surface area contributed by atoms with Gasteiger partial charge in [-0.05, 0) is 0 Å². The van der Waals surface area contributed by atoms with Gasteiger partial charge in [-0.3, -0.25) is 0 Å². The van der Waals surface area contributed by atoms with Gasteiger partial charge in [0.25, 0.3) is 0 Å². The molecule has 0 radical (unpaired) electrons. The maximum atomic E-state index is 8.50. The summed E-state index contributed by atoms with van der Waals surface area (Å²) in [6, 6.07) is 0. The number of alkyl halides is 1. The van der Waals surface area contributed by atoms with E-state index in [-0.39, 0.29) is 0 Å². The molecule has 0 fully saturated rings. The average molecular weight is 217 g/mol. The van der Waals surface area contributed by atoms with E-state index in [0.29, 0.717) is 4.32 Å². The molecule has 0 N–H and O–H groups in total. The van der Waals surface area contributed by atoms with E-state index >= 15 is 0 Å². The zero-order valence-electron chi connectivity index (χ0n) is 5.19. The van der Waals surface area contributed by atoms with E-state index in [4.69, 9.17) is 6.65 Å². The Morgan fingerprint density at radius 2 is 1.25 bits per heavy atom. The quantitative estimate of drug-likeness (QED) is 0.458. The van der Waals surface area contributed by atoms with Gasteiger partial charge in [0.15, 0.2) is 0 Å². The molecule has 0 saturated carbocycles. The van der Waals surface area contributed by atoms with Crippen molar-refractivity contribution in [3.05, 3.63) is 0 Å². The fourth-order valence-electron chi connectivity index (χ4n) is 0. The monoisotopic (exact) mass is 216 g/mol. The Balaban J connectivity index is 0. The predicted molar refractivity (Wildman–Crippen MR) is 30.1 cm³/mol. The van der Waals surface area contributed by atoms with Crippen LogP contribution >= 0.6 is 15.9 Å². The molecule has 0 atom stereocenters. The molecule has 0 aromatic carbocycles. The SMILES string of the molecule is CC(C)(C)Br.[O]=[Ti]=[O]. The van der Waals surface area contributed by atoms with Crippen LogP contribution in [0.4, 0.5) is 0 Å². The molecule has 4 heteroatoms. The molecule has 2 nitrogen and oxygen atoms in total. The molecule has 0 unspecified atom stereocenters. The molecule has 0 aliphatic carbocycles. The molecular weight excluding hydrogens is 208 g/mol. The van der Waals surface area contributed by atoms with Gasteiger partial charge in [0.05, 0.1) is 0 Å². The molecule has 0 rings (SSSR count). The van der Waals surface area contributed by atoms with E-state index in [0.717, 1.165) is 0 Å². The fraction of sp³-hybridized carbons (Fsp3) is 1.00. The molecule has 48 valence electrons. The second kappa shape index (κ2) is 5.92. The molecule has 0 spiro atoms. The Bertz CT molecular complexity index is 74.5. The van der Waals surface area contributed by atoms with Crippen LogP contribution in [0.5, 0.6) is 0 Å². The Hall–Kier alpha value is 0.794. The van der Waals surface area contributed by atoms with Gasteiger partial charge in [-0.15, -0.1) is 0 Å². The van der Waals surface area contributed by atoms with Crippen LogP contribution in [-0.4, -0.2) is 4.32 Å². The Kier molecular flexibility index (Phi) is 8.57. The molecule has 0 aliphatic rings. The van der Waals surface area contributed by atoms with Crippen molar-refractivity contribution >= 4 is 15.9 Å². The van der Waals surface area contributed by atoms with E-state index < -0.39 is 19.1 Å². The first-order valence-corrected chi connectivity index (χ1v) is 4.17. The summed E-state index contributed by atoms with van der Waals surface area (Å²) in [5, 5.41) is 0. The van der Waals surface area contributed by atoms with E-state index in [9.17, 15) is 0 Å². The van der Waals surface area contributed by atoms with E-state index in [1.165, 1.54) is 0 Å². The van der Waals surface area contributed by atoms with E-state index in [1.54, 1.807) is 0 Å². The van der Waals surface area contributed by atoms with Crippen LogP contribution in [0.2, 0.25) is 0 Å². The second-order valence-corrected chi connectivity index (χ2v) is 4.79. The summed E-state index contributed by atoms with van der Waals surface area (Å²) in [4.78, 5) is 0. The molecule has 0 heterocycles. The summed E-state index contributed by atoms with van der Waals surface area (Å²) in [6.07, 6.45) is 0. The second-order valence-electron chi connectivity index (χ2n) is 2.15. The van der Waals surface area contributed by atoms with Gasteiger partial charge in [0, 0.05) is 4.32 Å². The summed E-state index contributed by atoms with van der Waals surface area (Å²) in [6.45, 7) is 6.31. The summed E-state index contributed by atoms with van der Waals surface area (Å²) < 4.78 is 17.3. The third-order valence-corrected chi connectivity index (χ3v) is 0. The maximum absolute atomic E-state index is 8.50. The van der Waals surface area contributed by atoms with Crippen molar-refractivity contribution in [3.63, 3.8) is 0 Å². The van der Waals surface area contributed by atoms with Crippen molar-refractivity contribution in [3.8, 4) is 0 Å². The molecule has 0 aromatic rings. The summed E-state index contributed by atoms with van der Waals surface area (Å²) in [7, 11) is 0. The van der Waals surface area contributed by atoms with Crippen molar-refractivity contribution in [2.24, 2.45) is 0 Å². The first-order chi connectivity index (χ1) is 3.41. The van der Waals surface area contributed by atoms with Gasteiger partial charge >= 0.3 is 25.7 Å². The average Bonchev–Trinajstić information content (AvgIpc) is 1.27. The standard InChI is InChI=1S/C4H9Br.2O.Ti/c1-4(2,3)5;;;/h1-3H3;;;. The van der Waals surface area contributed by atoms with Crippen molar-refractivity contribution in [1.82, 2.24) is 0 Å². The summed E-state index contributed by atoms with van der Waals surface area (Å²) >= 11 is 1.38.